The van der Waals surface area contributed by atoms with E-state index in [1.807, 2.05) is 24.3 Å². The molecule has 0 saturated carbocycles. The maximum Gasteiger partial charge on any atom is 0.161 e. The van der Waals surface area contributed by atoms with E-state index >= 15 is 0 Å². The topological polar surface area (TPSA) is 46.1 Å². The Bertz CT molecular complexity index is 627. The summed E-state index contributed by atoms with van der Waals surface area (Å²) in [7, 11) is 0. The Morgan fingerprint density at radius 2 is 1.73 bits per heavy atom. The van der Waals surface area contributed by atoms with Crippen LogP contribution >= 0.6 is 0 Å². The minimum absolute atomic E-state index is 0.185. The van der Waals surface area contributed by atoms with Gasteiger partial charge >= 0.3 is 0 Å². The molecule has 4 heteroatoms. The molecule has 0 unspecified atom stereocenters. The Morgan fingerprint density at radius 1 is 1.00 bits per heavy atom. The van der Waals surface area contributed by atoms with Crippen molar-refractivity contribution < 1.29 is 19.6 Å². The summed E-state index contributed by atoms with van der Waals surface area (Å²) in [5, 5.41) is 0. The summed E-state index contributed by atoms with van der Waals surface area (Å²) in [5.74, 6) is 1.44. The van der Waals surface area contributed by atoms with Gasteiger partial charge in [0, 0.05) is 12.0 Å². The lowest BCUT2D eigenvalue weighted by Crippen LogP contribution is -2.53. The van der Waals surface area contributed by atoms with Crippen molar-refractivity contribution in [1.29, 1.82) is 0 Å². The Balaban J connectivity index is 1.55. The molecule has 3 nitrogen and oxygen atoms in total. The van der Waals surface area contributed by atoms with Gasteiger partial charge in [0.25, 0.3) is 0 Å². The number of benzene rings is 2. The first-order valence-corrected chi connectivity index (χ1v) is 7.69. The van der Waals surface area contributed by atoms with Gasteiger partial charge in [-0.3, -0.25) is 0 Å². The summed E-state index contributed by atoms with van der Waals surface area (Å²) in [4.78, 5) is 0. The first-order valence-electron chi connectivity index (χ1n) is 7.69. The molecule has 0 amide bonds. The normalized spacial score (nSPS) is 14.6. The van der Waals surface area contributed by atoms with Crippen LogP contribution in [0.2, 0.25) is 0 Å². The van der Waals surface area contributed by atoms with Crippen molar-refractivity contribution in [3.05, 3.63) is 59.4 Å². The molecular formula is C18H21FNO2+. The molecular weight excluding hydrogens is 281 g/mol. The van der Waals surface area contributed by atoms with Crippen LogP contribution in [0, 0.1) is 5.82 Å². The fourth-order valence-electron chi connectivity index (χ4n) is 2.68. The van der Waals surface area contributed by atoms with Crippen molar-refractivity contribution in [2.75, 3.05) is 13.2 Å². The third-order valence-electron chi connectivity index (χ3n) is 3.97. The van der Waals surface area contributed by atoms with Gasteiger partial charge in [-0.25, -0.2) is 4.39 Å². The Labute approximate surface area is 129 Å². The van der Waals surface area contributed by atoms with Crippen molar-refractivity contribution in [3.63, 3.8) is 0 Å². The average molecular weight is 302 g/mol. The average Bonchev–Trinajstić information content (AvgIpc) is 2.56. The molecule has 22 heavy (non-hydrogen) atoms. The molecule has 0 aliphatic carbocycles. The quantitative estimate of drug-likeness (QED) is 0.923. The lowest BCUT2D eigenvalue weighted by molar-refractivity contribution is -0.428. The summed E-state index contributed by atoms with van der Waals surface area (Å²) in [5.41, 5.74) is 6.58. The van der Waals surface area contributed by atoms with Gasteiger partial charge in [0.15, 0.2) is 11.5 Å². The largest absolute Gasteiger partial charge is 0.486 e. The second-order valence-electron chi connectivity index (χ2n) is 5.62. The molecule has 0 radical (unpaired) electrons. The van der Waals surface area contributed by atoms with Gasteiger partial charge in [-0.15, -0.1) is 0 Å². The SMILES string of the molecule is [NH3+][C@@H](CCCc1ccc(F)cc1)c1ccc2c(c1)OCCO2. The number of hydrogen-bond donors (Lipinski definition) is 1. The van der Waals surface area contributed by atoms with E-state index in [1.165, 1.54) is 17.7 Å². The second kappa shape index (κ2) is 6.79. The first kappa shape index (κ1) is 14.9. The summed E-state index contributed by atoms with van der Waals surface area (Å²) in [6.45, 7) is 1.21. The van der Waals surface area contributed by atoms with Gasteiger partial charge in [0.1, 0.15) is 25.1 Å². The molecule has 0 spiro atoms. The first-order chi connectivity index (χ1) is 10.7. The molecule has 0 fully saturated rings. The highest BCUT2D eigenvalue weighted by Gasteiger charge is 2.16. The third kappa shape index (κ3) is 3.57. The third-order valence-corrected chi connectivity index (χ3v) is 3.97. The lowest BCUT2D eigenvalue weighted by atomic mass is 9.99. The zero-order valence-electron chi connectivity index (χ0n) is 12.6. The fraction of sp³-hybridized carbons (Fsp3) is 0.333. The molecule has 2 aromatic carbocycles. The molecule has 0 saturated heterocycles. The van der Waals surface area contributed by atoms with Crippen LogP contribution in [0.1, 0.15) is 30.0 Å². The van der Waals surface area contributed by atoms with Crippen LogP contribution in [-0.4, -0.2) is 13.2 Å². The minimum atomic E-state index is -0.185. The highest BCUT2D eigenvalue weighted by molar-refractivity contribution is 5.44. The Morgan fingerprint density at radius 3 is 2.50 bits per heavy atom. The van der Waals surface area contributed by atoms with E-state index in [-0.39, 0.29) is 11.9 Å². The van der Waals surface area contributed by atoms with Gasteiger partial charge in [-0.2, -0.15) is 0 Å². The number of hydrogen-bond acceptors (Lipinski definition) is 2. The van der Waals surface area contributed by atoms with E-state index in [0.29, 0.717) is 13.2 Å². The van der Waals surface area contributed by atoms with E-state index in [4.69, 9.17) is 9.47 Å². The van der Waals surface area contributed by atoms with E-state index in [1.54, 1.807) is 0 Å². The smallest absolute Gasteiger partial charge is 0.161 e. The van der Waals surface area contributed by atoms with Crippen LogP contribution in [-0.2, 0) is 6.42 Å². The number of aryl methyl sites for hydroxylation is 1. The zero-order chi connectivity index (χ0) is 15.4. The zero-order valence-corrected chi connectivity index (χ0v) is 12.6. The van der Waals surface area contributed by atoms with Crippen molar-refractivity contribution in [2.45, 2.75) is 25.3 Å². The maximum absolute atomic E-state index is 12.9. The Hall–Kier alpha value is -2.07. The summed E-state index contributed by atoms with van der Waals surface area (Å²) in [6.07, 6.45) is 2.95. The van der Waals surface area contributed by atoms with Crippen molar-refractivity contribution in [3.8, 4) is 11.5 Å². The Kier molecular flexibility index (Phi) is 4.59. The van der Waals surface area contributed by atoms with Crippen molar-refractivity contribution >= 4 is 0 Å². The summed E-state index contributed by atoms with van der Waals surface area (Å²) in [6, 6.07) is 13.0. The van der Waals surface area contributed by atoms with Crippen LogP contribution in [0.4, 0.5) is 4.39 Å². The van der Waals surface area contributed by atoms with Crippen LogP contribution in [0.25, 0.3) is 0 Å². The number of fused-ring (bicyclic) bond motifs is 1. The van der Waals surface area contributed by atoms with E-state index < -0.39 is 0 Å². The molecule has 0 aromatic heterocycles. The highest BCUT2D eigenvalue weighted by Crippen LogP contribution is 2.32. The van der Waals surface area contributed by atoms with Gasteiger partial charge in [-0.05, 0) is 48.7 Å². The summed E-state index contributed by atoms with van der Waals surface area (Å²) < 4.78 is 24.0. The van der Waals surface area contributed by atoms with Gasteiger partial charge in [-0.1, -0.05) is 12.1 Å². The molecule has 1 aliphatic heterocycles. The predicted molar refractivity (Wildman–Crippen MR) is 82.4 cm³/mol. The molecule has 1 atom stereocenters. The second-order valence-corrected chi connectivity index (χ2v) is 5.62. The molecule has 3 N–H and O–H groups in total. The van der Waals surface area contributed by atoms with Crippen LogP contribution in [0.3, 0.4) is 0 Å². The molecule has 2 aromatic rings. The van der Waals surface area contributed by atoms with Crippen molar-refractivity contribution in [1.82, 2.24) is 0 Å². The highest BCUT2D eigenvalue weighted by atomic mass is 19.1. The predicted octanol–water partition coefficient (Wildman–Crippen LogP) is 2.90. The lowest BCUT2D eigenvalue weighted by Gasteiger charge is -2.19. The van der Waals surface area contributed by atoms with Crippen LogP contribution in [0.5, 0.6) is 11.5 Å². The number of rotatable bonds is 5. The van der Waals surface area contributed by atoms with Crippen molar-refractivity contribution in [2.24, 2.45) is 0 Å². The van der Waals surface area contributed by atoms with E-state index in [0.717, 1.165) is 36.3 Å². The number of ether oxygens (including phenoxy) is 2. The standard InChI is InChI=1S/C18H20FNO2/c19-15-7-4-13(5-8-15)2-1-3-16(20)14-6-9-17-18(12-14)22-11-10-21-17/h4-9,12,16H,1-3,10-11,20H2/p+1/t16-/m0/s1. The van der Waals surface area contributed by atoms with E-state index in [9.17, 15) is 4.39 Å². The fourth-order valence-corrected chi connectivity index (χ4v) is 2.68. The molecule has 116 valence electrons. The summed E-state index contributed by atoms with van der Waals surface area (Å²) >= 11 is 0. The number of quaternary nitrogens is 1. The molecule has 1 aliphatic rings. The molecule has 3 rings (SSSR count). The van der Waals surface area contributed by atoms with Gasteiger partial charge < -0.3 is 15.2 Å². The maximum atomic E-state index is 12.9. The number of halogens is 1. The minimum Gasteiger partial charge on any atom is -0.486 e. The molecule has 1 heterocycles. The van der Waals surface area contributed by atoms with Crippen LogP contribution in [0.15, 0.2) is 42.5 Å². The monoisotopic (exact) mass is 302 g/mol. The van der Waals surface area contributed by atoms with E-state index in [2.05, 4.69) is 11.8 Å². The van der Waals surface area contributed by atoms with Crippen LogP contribution < -0.4 is 15.2 Å². The van der Waals surface area contributed by atoms with Gasteiger partial charge in [0.05, 0.1) is 0 Å². The molecule has 0 bridgehead atoms. The van der Waals surface area contributed by atoms with Gasteiger partial charge in [0.2, 0.25) is 0 Å².